The molecule has 0 heteroatoms. The maximum absolute atomic E-state index is 2.50. The normalized spacial score (nSPS) is 13.2. The molecular weight excluding hydrogens is 637 g/mol. The Morgan fingerprint density at radius 1 is 0.283 bits per heavy atom. The molecule has 0 atom stereocenters. The van der Waals surface area contributed by atoms with Gasteiger partial charge in [-0.2, -0.15) is 0 Å². The summed E-state index contributed by atoms with van der Waals surface area (Å²) in [7, 11) is 0. The van der Waals surface area contributed by atoms with Gasteiger partial charge in [0.1, 0.15) is 0 Å². The SMILES string of the molecule is CC1(C)c2ccc(-c3c4ccccc4c(-c4ccc(-c5ccccc5)c5ccccc45)c4ccccc34)cc2-c2c1c1ccccc1c1ccccc21. The lowest BCUT2D eigenvalue weighted by Crippen LogP contribution is -2.15. The Balaban J connectivity index is 1.21. The van der Waals surface area contributed by atoms with E-state index in [0.717, 1.165) is 0 Å². The van der Waals surface area contributed by atoms with Gasteiger partial charge in [0, 0.05) is 5.41 Å². The van der Waals surface area contributed by atoms with E-state index in [2.05, 4.69) is 196 Å². The van der Waals surface area contributed by atoms with Gasteiger partial charge in [0.05, 0.1) is 0 Å². The topological polar surface area (TPSA) is 0 Å². The zero-order chi connectivity index (χ0) is 35.3. The number of hydrogen-bond acceptors (Lipinski definition) is 0. The monoisotopic (exact) mass is 672 g/mol. The first-order chi connectivity index (χ1) is 26.1. The zero-order valence-corrected chi connectivity index (χ0v) is 29.8. The molecule has 1 aliphatic rings. The summed E-state index contributed by atoms with van der Waals surface area (Å²) in [5.74, 6) is 0. The van der Waals surface area contributed by atoms with Crippen LogP contribution in [0, 0.1) is 0 Å². The van der Waals surface area contributed by atoms with Crippen LogP contribution >= 0.6 is 0 Å². The Labute approximate surface area is 309 Å². The second-order valence-corrected chi connectivity index (χ2v) is 15.1. The molecule has 0 aromatic heterocycles. The molecule has 0 radical (unpaired) electrons. The van der Waals surface area contributed by atoms with Crippen LogP contribution in [0.2, 0.25) is 0 Å². The van der Waals surface area contributed by atoms with Crippen LogP contribution in [-0.2, 0) is 5.41 Å². The van der Waals surface area contributed by atoms with Crippen molar-refractivity contribution in [2.75, 3.05) is 0 Å². The highest BCUT2D eigenvalue weighted by Gasteiger charge is 2.38. The molecule has 10 aromatic rings. The van der Waals surface area contributed by atoms with Crippen LogP contribution in [0.3, 0.4) is 0 Å². The average molecular weight is 673 g/mol. The fraction of sp³-hybridized carbons (Fsp3) is 0.0566. The largest absolute Gasteiger partial charge is 0.0622 e. The second-order valence-electron chi connectivity index (χ2n) is 15.1. The summed E-state index contributed by atoms with van der Waals surface area (Å²) in [5.41, 5.74) is 13.1. The highest BCUT2D eigenvalue weighted by molar-refractivity contribution is 6.25. The van der Waals surface area contributed by atoms with Crippen molar-refractivity contribution in [1.82, 2.24) is 0 Å². The van der Waals surface area contributed by atoms with Crippen LogP contribution < -0.4 is 0 Å². The van der Waals surface area contributed by atoms with Crippen LogP contribution in [0.15, 0.2) is 182 Å². The molecule has 0 unspecified atom stereocenters. The highest BCUT2D eigenvalue weighted by atomic mass is 14.4. The van der Waals surface area contributed by atoms with E-state index < -0.39 is 0 Å². The van der Waals surface area contributed by atoms with Gasteiger partial charge in [-0.25, -0.2) is 0 Å². The number of benzene rings is 10. The molecular formula is C53H36. The van der Waals surface area contributed by atoms with Crippen molar-refractivity contribution in [2.24, 2.45) is 0 Å². The van der Waals surface area contributed by atoms with Gasteiger partial charge in [-0.1, -0.05) is 190 Å². The molecule has 248 valence electrons. The predicted molar refractivity (Wildman–Crippen MR) is 228 cm³/mol. The smallest absolute Gasteiger partial charge is 0.0165 e. The quantitative estimate of drug-likeness (QED) is 0.129. The number of rotatable bonds is 3. The van der Waals surface area contributed by atoms with E-state index in [1.807, 2.05) is 0 Å². The Bertz CT molecular complexity index is 3070. The van der Waals surface area contributed by atoms with Gasteiger partial charge in [0.2, 0.25) is 0 Å². The molecule has 0 spiro atoms. The molecule has 53 heavy (non-hydrogen) atoms. The van der Waals surface area contributed by atoms with Crippen LogP contribution in [0.25, 0.3) is 98.4 Å². The van der Waals surface area contributed by atoms with E-state index in [1.54, 1.807) is 0 Å². The minimum absolute atomic E-state index is 0.131. The first-order valence-corrected chi connectivity index (χ1v) is 18.7. The minimum Gasteiger partial charge on any atom is -0.0622 e. The predicted octanol–water partition coefficient (Wildman–Crippen LogP) is 14.8. The minimum atomic E-state index is -0.131. The zero-order valence-electron chi connectivity index (χ0n) is 29.8. The molecule has 0 amide bonds. The van der Waals surface area contributed by atoms with E-state index in [4.69, 9.17) is 0 Å². The fourth-order valence-electron chi connectivity index (χ4n) is 9.77. The molecule has 0 bridgehead atoms. The van der Waals surface area contributed by atoms with Gasteiger partial charge < -0.3 is 0 Å². The van der Waals surface area contributed by atoms with Gasteiger partial charge in [-0.3, -0.25) is 0 Å². The van der Waals surface area contributed by atoms with Crippen molar-refractivity contribution in [1.29, 1.82) is 0 Å². The van der Waals surface area contributed by atoms with Crippen molar-refractivity contribution in [3.05, 3.63) is 193 Å². The molecule has 0 saturated heterocycles. The van der Waals surface area contributed by atoms with E-state index in [0.29, 0.717) is 0 Å². The summed E-state index contributed by atoms with van der Waals surface area (Å²) < 4.78 is 0. The van der Waals surface area contributed by atoms with Crippen molar-refractivity contribution >= 4 is 53.9 Å². The van der Waals surface area contributed by atoms with Crippen molar-refractivity contribution in [3.63, 3.8) is 0 Å². The lowest BCUT2D eigenvalue weighted by atomic mass is 9.79. The molecule has 0 N–H and O–H groups in total. The van der Waals surface area contributed by atoms with Crippen LogP contribution in [0.1, 0.15) is 25.0 Å². The number of fused-ring (bicyclic) bond motifs is 11. The van der Waals surface area contributed by atoms with Gasteiger partial charge in [0.15, 0.2) is 0 Å². The molecule has 11 rings (SSSR count). The molecule has 0 aliphatic heterocycles. The Morgan fingerprint density at radius 2 is 0.717 bits per heavy atom. The average Bonchev–Trinajstić information content (AvgIpc) is 3.46. The third kappa shape index (κ3) is 4.24. The standard InChI is InChI=1S/C53H36/c1-53(2)48-31-28-34(32-47(48)51-40-22-10-8-20-38(40)39-21-9-15-27-46(39)52(51)53)49-41-23-11-13-25-43(41)50(44-26-14-12-24-42(44)49)45-30-29-35(33-16-4-3-5-17-33)36-18-6-7-19-37(36)45/h3-32H,1-2H3. The molecule has 1 aliphatic carbocycles. The molecule has 0 fully saturated rings. The summed E-state index contributed by atoms with van der Waals surface area (Å²) in [4.78, 5) is 0. The fourth-order valence-corrected chi connectivity index (χ4v) is 9.77. The third-order valence-electron chi connectivity index (χ3n) is 12.0. The molecule has 0 saturated carbocycles. The summed E-state index contributed by atoms with van der Waals surface area (Å²) in [6.45, 7) is 4.82. The first kappa shape index (κ1) is 30.2. The third-order valence-corrected chi connectivity index (χ3v) is 12.0. The molecule has 0 nitrogen and oxygen atoms in total. The summed E-state index contributed by atoms with van der Waals surface area (Å²) in [6.07, 6.45) is 0. The lowest BCUT2D eigenvalue weighted by molar-refractivity contribution is 0.666. The number of hydrogen-bond donors (Lipinski definition) is 0. The van der Waals surface area contributed by atoms with Crippen LogP contribution in [0.4, 0.5) is 0 Å². The van der Waals surface area contributed by atoms with E-state index in [9.17, 15) is 0 Å². The summed E-state index contributed by atoms with van der Waals surface area (Å²) in [5, 5.41) is 13.0. The van der Waals surface area contributed by atoms with Gasteiger partial charge in [-0.05, 0) is 116 Å². The summed E-state index contributed by atoms with van der Waals surface area (Å²) in [6, 6.07) is 67.7. The first-order valence-electron chi connectivity index (χ1n) is 18.7. The van der Waals surface area contributed by atoms with Gasteiger partial charge in [0.25, 0.3) is 0 Å². The van der Waals surface area contributed by atoms with Crippen molar-refractivity contribution in [2.45, 2.75) is 19.3 Å². The highest BCUT2D eigenvalue weighted by Crippen LogP contribution is 2.56. The van der Waals surface area contributed by atoms with Crippen LogP contribution in [0.5, 0.6) is 0 Å². The van der Waals surface area contributed by atoms with Gasteiger partial charge >= 0.3 is 0 Å². The maximum atomic E-state index is 2.50. The Morgan fingerprint density at radius 3 is 1.32 bits per heavy atom. The van der Waals surface area contributed by atoms with E-state index in [1.165, 1.54) is 109 Å². The van der Waals surface area contributed by atoms with Gasteiger partial charge in [-0.15, -0.1) is 0 Å². The molecule has 0 heterocycles. The van der Waals surface area contributed by atoms with Crippen LogP contribution in [-0.4, -0.2) is 0 Å². The lowest BCUT2D eigenvalue weighted by Gasteiger charge is -2.24. The summed E-state index contributed by atoms with van der Waals surface area (Å²) >= 11 is 0. The Kier molecular flexibility index (Phi) is 6.40. The second kappa shape index (κ2) is 11.2. The Hall–Kier alpha value is -6.50. The maximum Gasteiger partial charge on any atom is 0.0165 e. The van der Waals surface area contributed by atoms with Crippen molar-refractivity contribution < 1.29 is 0 Å². The van der Waals surface area contributed by atoms with Crippen molar-refractivity contribution in [3.8, 4) is 44.5 Å². The van der Waals surface area contributed by atoms with E-state index in [-0.39, 0.29) is 5.41 Å². The molecule has 10 aromatic carbocycles. The van der Waals surface area contributed by atoms with E-state index >= 15 is 0 Å².